The van der Waals surface area contributed by atoms with Crippen molar-refractivity contribution in [2.45, 2.75) is 150 Å². The largest absolute Gasteiger partial charge is 0.514 e. The van der Waals surface area contributed by atoms with Crippen LogP contribution in [0.2, 0.25) is 0 Å². The summed E-state index contributed by atoms with van der Waals surface area (Å²) in [6, 6.07) is 6.01. The van der Waals surface area contributed by atoms with Crippen LogP contribution in [0, 0.1) is 5.92 Å². The van der Waals surface area contributed by atoms with Crippen molar-refractivity contribution < 1.29 is 57.1 Å². The van der Waals surface area contributed by atoms with Crippen LogP contribution < -0.4 is 20.9 Å². The summed E-state index contributed by atoms with van der Waals surface area (Å²) < 4.78 is 40.4. The molecule has 2 aromatic heterocycles. The summed E-state index contributed by atoms with van der Waals surface area (Å²) in [5.41, 5.74) is -0.201. The Balaban J connectivity index is 1.26. The van der Waals surface area contributed by atoms with Crippen molar-refractivity contribution >= 4 is 41.0 Å². The fraction of sp³-hybridized carbons (Fsp3) is 0.596. The van der Waals surface area contributed by atoms with Crippen LogP contribution in [0.25, 0.3) is 22.3 Å². The molecule has 3 aromatic rings. The number of fused-ring (bicyclic) bond motifs is 5. The summed E-state index contributed by atoms with van der Waals surface area (Å²) in [6.45, 7) is 19.6. The van der Waals surface area contributed by atoms with Crippen LogP contribution in [0.5, 0.6) is 5.75 Å². The molecular formula is C47H64N4O13. The van der Waals surface area contributed by atoms with Crippen LogP contribution in [0.4, 0.5) is 9.59 Å². The zero-order chi connectivity index (χ0) is 47.1. The molecule has 2 aliphatic rings. The van der Waals surface area contributed by atoms with Gasteiger partial charge in [-0.15, -0.1) is 0 Å². The Kier molecular flexibility index (Phi) is 15.9. The van der Waals surface area contributed by atoms with Gasteiger partial charge in [-0.2, -0.15) is 0 Å². The number of cyclic esters (lactones) is 1. The van der Waals surface area contributed by atoms with Crippen LogP contribution in [0.3, 0.4) is 0 Å². The predicted molar refractivity (Wildman–Crippen MR) is 236 cm³/mol. The number of aryl methyl sites for hydroxylation is 1. The highest BCUT2D eigenvalue weighted by atomic mass is 16.7. The Hall–Kier alpha value is -5.55. The van der Waals surface area contributed by atoms with E-state index >= 15 is 0 Å². The van der Waals surface area contributed by atoms with Gasteiger partial charge in [0.05, 0.1) is 41.2 Å². The van der Waals surface area contributed by atoms with Crippen LogP contribution in [-0.4, -0.2) is 89.4 Å². The van der Waals surface area contributed by atoms with E-state index in [1.165, 1.54) is 0 Å². The molecule has 0 spiro atoms. The zero-order valence-corrected chi connectivity index (χ0v) is 39.0. The molecule has 5 rings (SSSR count). The lowest BCUT2D eigenvalue weighted by Crippen LogP contribution is -2.48. The molecule has 0 saturated heterocycles. The first-order valence-corrected chi connectivity index (χ1v) is 22.1. The number of esters is 1. The van der Waals surface area contributed by atoms with E-state index in [9.17, 15) is 28.8 Å². The monoisotopic (exact) mass is 892 g/mol. The average Bonchev–Trinajstić information content (AvgIpc) is 3.57. The Morgan fingerprint density at radius 3 is 2.33 bits per heavy atom. The van der Waals surface area contributed by atoms with Crippen molar-refractivity contribution in [3.63, 3.8) is 0 Å². The number of nitrogens with one attached hydrogen (secondary N) is 2. The molecular weight excluding hydrogens is 829 g/mol. The third kappa shape index (κ3) is 11.8. The number of amides is 2. The van der Waals surface area contributed by atoms with Crippen molar-refractivity contribution in [1.29, 1.82) is 0 Å². The molecule has 2 amide bonds. The molecule has 0 aliphatic carbocycles. The second-order valence-corrected chi connectivity index (χ2v) is 18.3. The van der Waals surface area contributed by atoms with Crippen molar-refractivity contribution in [3.05, 3.63) is 56.9 Å². The summed E-state index contributed by atoms with van der Waals surface area (Å²) in [5, 5.41) is 6.40. The molecule has 0 bridgehead atoms. The Bertz CT molecular complexity index is 2300. The van der Waals surface area contributed by atoms with Gasteiger partial charge in [0.25, 0.3) is 5.56 Å². The van der Waals surface area contributed by atoms with Crippen LogP contribution >= 0.6 is 0 Å². The van der Waals surface area contributed by atoms with Crippen molar-refractivity contribution in [3.8, 4) is 17.1 Å². The third-order valence-electron chi connectivity index (χ3n) is 11.2. The number of hydrogen-bond acceptors (Lipinski definition) is 14. The van der Waals surface area contributed by atoms with E-state index in [2.05, 4.69) is 17.6 Å². The zero-order valence-electron chi connectivity index (χ0n) is 39.0. The lowest BCUT2D eigenvalue weighted by atomic mass is 9.85. The topological polar surface area (TPSA) is 209 Å². The Morgan fingerprint density at radius 1 is 0.953 bits per heavy atom. The van der Waals surface area contributed by atoms with Gasteiger partial charge >= 0.3 is 18.3 Å². The molecule has 17 nitrogen and oxygen atoms in total. The molecule has 0 saturated carbocycles. The number of pyridine rings is 2. The highest BCUT2D eigenvalue weighted by Gasteiger charge is 2.51. The van der Waals surface area contributed by atoms with Gasteiger partial charge in [-0.25, -0.2) is 19.4 Å². The van der Waals surface area contributed by atoms with Crippen LogP contribution in [-0.2, 0) is 68.0 Å². The molecule has 3 atom stereocenters. The van der Waals surface area contributed by atoms with Gasteiger partial charge < -0.3 is 48.4 Å². The SMILES string of the molecule is CCCC(C)OCCC(C)(C)NC(=O)COCC(=O)NC(COC(=O)OC1(CC)C(=O)OCc2c1cc1n(c2=O)Cc2c-1nc1ccc(OC(=O)OC(C)(C)C)cc1c2CC)C(C)C. The lowest BCUT2D eigenvalue weighted by Gasteiger charge is -2.35. The summed E-state index contributed by atoms with van der Waals surface area (Å²) in [4.78, 5) is 84.1. The number of hydrogen-bond donors (Lipinski definition) is 2. The minimum absolute atomic E-state index is 0.0894. The Labute approximate surface area is 374 Å². The van der Waals surface area contributed by atoms with Crippen molar-refractivity contribution in [1.82, 2.24) is 20.2 Å². The van der Waals surface area contributed by atoms with E-state index in [-0.39, 0.29) is 67.6 Å². The fourth-order valence-electron chi connectivity index (χ4n) is 7.83. The quantitative estimate of drug-likeness (QED) is 0.0566. The molecule has 350 valence electrons. The van der Waals surface area contributed by atoms with Crippen molar-refractivity contribution in [2.24, 2.45) is 5.92 Å². The summed E-state index contributed by atoms with van der Waals surface area (Å²) in [6.07, 6.45) is 1.14. The standard InChI is InChI=1S/C47H64N4O13/c1-12-15-28(6)59-19-18-46(10,11)50-39(53)26-58-25-38(52)48-36(27(4)5)24-61-43(56)64-47(14-3)34-21-37-40-32(22-51(37)41(54)33(34)23-60-42(47)55)30(13-2)31-20-29(16-17-35(31)49-40)62-44(57)63-45(7,8)9/h16-17,20-21,27-28,36H,12-15,18-19,22-26H2,1-11H3,(H,48,52)(H,50,53). The molecule has 0 radical (unpaired) electrons. The third-order valence-corrected chi connectivity index (χ3v) is 11.2. The van der Waals surface area contributed by atoms with E-state index in [4.69, 9.17) is 38.1 Å². The summed E-state index contributed by atoms with van der Waals surface area (Å²) >= 11 is 0. The van der Waals surface area contributed by atoms with Gasteiger partial charge in [0.1, 0.15) is 37.8 Å². The van der Waals surface area contributed by atoms with Crippen LogP contribution in [0.1, 0.15) is 124 Å². The van der Waals surface area contributed by atoms with Crippen LogP contribution in [0.15, 0.2) is 29.1 Å². The molecule has 64 heavy (non-hydrogen) atoms. The van der Waals surface area contributed by atoms with Gasteiger partial charge in [-0.1, -0.05) is 41.0 Å². The van der Waals surface area contributed by atoms with E-state index < -0.39 is 59.1 Å². The normalized spacial score (nSPS) is 16.5. The molecule has 1 aromatic carbocycles. The fourth-order valence-corrected chi connectivity index (χ4v) is 7.83. The number of carbonyl (C=O) groups excluding carboxylic acids is 5. The Morgan fingerprint density at radius 2 is 1.67 bits per heavy atom. The average molecular weight is 893 g/mol. The minimum Gasteiger partial charge on any atom is -0.457 e. The first-order chi connectivity index (χ1) is 30.1. The number of aromatic nitrogens is 2. The number of carbonyl (C=O) groups is 5. The van der Waals surface area contributed by atoms with E-state index in [1.54, 1.807) is 56.5 Å². The van der Waals surface area contributed by atoms with E-state index in [1.807, 2.05) is 41.5 Å². The van der Waals surface area contributed by atoms with E-state index in [0.717, 1.165) is 29.4 Å². The number of benzene rings is 1. The van der Waals surface area contributed by atoms with Gasteiger partial charge in [-0.05, 0) is 103 Å². The maximum absolute atomic E-state index is 14.2. The summed E-state index contributed by atoms with van der Waals surface area (Å²) in [5.74, 6) is -1.72. The highest BCUT2D eigenvalue weighted by Crippen LogP contribution is 2.42. The molecule has 17 heteroatoms. The maximum atomic E-state index is 14.2. The molecule has 0 fully saturated rings. The predicted octanol–water partition coefficient (Wildman–Crippen LogP) is 6.76. The lowest BCUT2D eigenvalue weighted by molar-refractivity contribution is -0.175. The first kappa shape index (κ1) is 49.5. The molecule has 2 aliphatic heterocycles. The van der Waals surface area contributed by atoms with Gasteiger partial charge in [0.2, 0.25) is 17.4 Å². The first-order valence-electron chi connectivity index (χ1n) is 22.1. The van der Waals surface area contributed by atoms with Gasteiger partial charge in [-0.3, -0.25) is 14.4 Å². The van der Waals surface area contributed by atoms with E-state index in [0.29, 0.717) is 36.4 Å². The summed E-state index contributed by atoms with van der Waals surface area (Å²) in [7, 11) is 0. The second kappa shape index (κ2) is 20.5. The number of rotatable bonds is 19. The number of ether oxygens (including phenoxy) is 7. The second-order valence-electron chi connectivity index (χ2n) is 18.3. The molecule has 3 unspecified atom stereocenters. The number of nitrogens with zero attached hydrogens (tertiary/aromatic N) is 2. The molecule has 2 N–H and O–H groups in total. The smallest absolute Gasteiger partial charge is 0.457 e. The molecule has 4 heterocycles. The van der Waals surface area contributed by atoms with Gasteiger partial charge in [0.15, 0.2) is 0 Å². The van der Waals surface area contributed by atoms with Crippen molar-refractivity contribution in [2.75, 3.05) is 26.4 Å². The minimum atomic E-state index is -2.03. The maximum Gasteiger partial charge on any atom is 0.514 e. The van der Waals surface area contributed by atoms with Gasteiger partial charge in [0, 0.05) is 28.7 Å². The highest BCUT2D eigenvalue weighted by molar-refractivity contribution is 5.91.